The molecule has 7 nitrogen and oxygen atoms in total. The minimum absolute atomic E-state index is 0.0540. The van der Waals surface area contributed by atoms with Gasteiger partial charge < -0.3 is 24.6 Å². The molecule has 4 rings (SSSR count). The highest BCUT2D eigenvalue weighted by Gasteiger charge is 2.20. The molecule has 7 heteroatoms. The number of hydrogen-bond donors (Lipinski definition) is 1. The molecule has 0 radical (unpaired) electrons. The third-order valence-electron chi connectivity index (χ3n) is 5.26. The SMILES string of the molecule is CCN(Cc1ccc2c(c1)OCO2)C(=O)Nc1ccc(C(=O)N2CCCC2)cc1. The van der Waals surface area contributed by atoms with Gasteiger partial charge in [0.25, 0.3) is 5.91 Å². The molecule has 1 N–H and O–H groups in total. The van der Waals surface area contributed by atoms with Crippen LogP contribution in [-0.4, -0.2) is 48.2 Å². The molecule has 0 spiro atoms. The van der Waals surface area contributed by atoms with Crippen molar-refractivity contribution in [1.82, 2.24) is 9.80 Å². The Labute approximate surface area is 170 Å². The fourth-order valence-electron chi connectivity index (χ4n) is 3.59. The van der Waals surface area contributed by atoms with E-state index < -0.39 is 0 Å². The molecule has 2 aromatic rings. The molecule has 1 fully saturated rings. The molecule has 2 aromatic carbocycles. The standard InChI is InChI=1S/C22H25N3O4/c1-2-24(14-16-5-10-19-20(13-16)29-15-28-19)22(27)23-18-8-6-17(7-9-18)21(26)25-11-3-4-12-25/h5-10,13H,2-4,11-12,14-15H2,1H3,(H,23,27). The largest absolute Gasteiger partial charge is 0.454 e. The summed E-state index contributed by atoms with van der Waals surface area (Å²) in [5.74, 6) is 1.49. The van der Waals surface area contributed by atoms with Gasteiger partial charge in [-0.25, -0.2) is 4.79 Å². The second-order valence-electron chi connectivity index (χ2n) is 7.21. The number of amides is 3. The van der Waals surface area contributed by atoms with E-state index >= 15 is 0 Å². The normalized spacial score (nSPS) is 14.7. The molecule has 0 unspecified atom stereocenters. The number of rotatable bonds is 5. The first-order valence-corrected chi connectivity index (χ1v) is 9.98. The number of carbonyl (C=O) groups is 2. The number of nitrogens with zero attached hydrogens (tertiary/aromatic N) is 2. The van der Waals surface area contributed by atoms with E-state index in [2.05, 4.69) is 5.32 Å². The number of hydrogen-bond acceptors (Lipinski definition) is 4. The number of ether oxygens (including phenoxy) is 2. The van der Waals surface area contributed by atoms with Crippen LogP contribution in [-0.2, 0) is 6.54 Å². The molecule has 0 aromatic heterocycles. The van der Waals surface area contributed by atoms with Crippen LogP contribution in [0.4, 0.5) is 10.5 Å². The lowest BCUT2D eigenvalue weighted by atomic mass is 10.2. The monoisotopic (exact) mass is 395 g/mol. The van der Waals surface area contributed by atoms with Crippen LogP contribution in [0.25, 0.3) is 0 Å². The van der Waals surface area contributed by atoms with Crippen molar-refractivity contribution >= 4 is 17.6 Å². The highest BCUT2D eigenvalue weighted by atomic mass is 16.7. The average molecular weight is 395 g/mol. The number of carbonyl (C=O) groups excluding carboxylic acids is 2. The molecule has 2 aliphatic rings. The molecule has 0 saturated carbocycles. The molecule has 1 saturated heterocycles. The van der Waals surface area contributed by atoms with E-state index in [0.717, 1.165) is 37.2 Å². The van der Waals surface area contributed by atoms with E-state index in [1.165, 1.54) is 0 Å². The van der Waals surface area contributed by atoms with E-state index in [1.807, 2.05) is 30.0 Å². The maximum absolute atomic E-state index is 12.7. The van der Waals surface area contributed by atoms with Crippen molar-refractivity contribution in [3.63, 3.8) is 0 Å². The van der Waals surface area contributed by atoms with E-state index in [1.54, 1.807) is 29.2 Å². The van der Waals surface area contributed by atoms with Gasteiger partial charge in [-0.2, -0.15) is 0 Å². The van der Waals surface area contributed by atoms with Crippen LogP contribution in [0.1, 0.15) is 35.7 Å². The van der Waals surface area contributed by atoms with E-state index in [4.69, 9.17) is 9.47 Å². The summed E-state index contributed by atoms with van der Waals surface area (Å²) in [5, 5.41) is 2.91. The minimum atomic E-state index is -0.191. The van der Waals surface area contributed by atoms with Gasteiger partial charge >= 0.3 is 6.03 Å². The predicted molar refractivity (Wildman–Crippen MR) is 109 cm³/mol. The van der Waals surface area contributed by atoms with E-state index in [9.17, 15) is 9.59 Å². The summed E-state index contributed by atoms with van der Waals surface area (Å²) in [4.78, 5) is 28.7. The lowest BCUT2D eigenvalue weighted by molar-refractivity contribution is 0.0793. The highest BCUT2D eigenvalue weighted by molar-refractivity contribution is 5.95. The molecule has 2 aliphatic heterocycles. The Morgan fingerprint density at radius 2 is 1.76 bits per heavy atom. The molecular formula is C22H25N3O4. The zero-order valence-electron chi connectivity index (χ0n) is 16.5. The topological polar surface area (TPSA) is 71.1 Å². The number of nitrogens with one attached hydrogen (secondary N) is 1. The Hall–Kier alpha value is -3.22. The Balaban J connectivity index is 1.37. The lowest BCUT2D eigenvalue weighted by Gasteiger charge is -2.22. The Bertz CT molecular complexity index is 891. The number of urea groups is 1. The maximum Gasteiger partial charge on any atom is 0.322 e. The summed E-state index contributed by atoms with van der Waals surface area (Å²) < 4.78 is 10.7. The summed E-state index contributed by atoms with van der Waals surface area (Å²) in [6.45, 7) is 4.83. The van der Waals surface area contributed by atoms with Crippen molar-refractivity contribution < 1.29 is 19.1 Å². The Morgan fingerprint density at radius 3 is 2.48 bits per heavy atom. The Kier molecular flexibility index (Phi) is 5.55. The molecule has 3 amide bonds. The van der Waals surface area contributed by atoms with Crippen LogP contribution in [0.3, 0.4) is 0 Å². The molecule has 152 valence electrons. The van der Waals surface area contributed by atoms with Crippen molar-refractivity contribution in [3.05, 3.63) is 53.6 Å². The zero-order chi connectivity index (χ0) is 20.2. The first-order chi connectivity index (χ1) is 14.1. The summed E-state index contributed by atoms with van der Waals surface area (Å²) in [6.07, 6.45) is 2.13. The summed E-state index contributed by atoms with van der Waals surface area (Å²) in [5.41, 5.74) is 2.28. The van der Waals surface area contributed by atoms with Gasteiger partial charge in [0.2, 0.25) is 6.79 Å². The third kappa shape index (κ3) is 4.29. The van der Waals surface area contributed by atoms with Crippen molar-refractivity contribution in [1.29, 1.82) is 0 Å². The quantitative estimate of drug-likeness (QED) is 0.838. The number of fused-ring (bicyclic) bond motifs is 1. The van der Waals surface area contributed by atoms with Gasteiger partial charge in [0.05, 0.1) is 0 Å². The fraction of sp³-hybridized carbons (Fsp3) is 0.364. The van der Waals surface area contributed by atoms with Crippen LogP contribution in [0.2, 0.25) is 0 Å². The first kappa shape index (κ1) is 19.1. The van der Waals surface area contributed by atoms with Gasteiger partial charge in [0.15, 0.2) is 11.5 Å². The van der Waals surface area contributed by atoms with Crippen LogP contribution in [0.15, 0.2) is 42.5 Å². The zero-order valence-corrected chi connectivity index (χ0v) is 16.5. The van der Waals surface area contributed by atoms with Crippen molar-refractivity contribution in [2.45, 2.75) is 26.3 Å². The summed E-state index contributed by atoms with van der Waals surface area (Å²) in [7, 11) is 0. The molecule has 0 atom stereocenters. The lowest BCUT2D eigenvalue weighted by Crippen LogP contribution is -2.34. The van der Waals surface area contributed by atoms with Crippen LogP contribution >= 0.6 is 0 Å². The van der Waals surface area contributed by atoms with Gasteiger partial charge in [-0.1, -0.05) is 6.07 Å². The molecule has 2 heterocycles. The van der Waals surface area contributed by atoms with Gasteiger partial charge in [-0.05, 0) is 61.7 Å². The molecule has 29 heavy (non-hydrogen) atoms. The second kappa shape index (κ2) is 8.43. The average Bonchev–Trinajstić information content (AvgIpc) is 3.43. The van der Waals surface area contributed by atoms with Crippen LogP contribution < -0.4 is 14.8 Å². The van der Waals surface area contributed by atoms with Crippen molar-refractivity contribution in [2.24, 2.45) is 0 Å². The third-order valence-corrected chi connectivity index (χ3v) is 5.26. The van der Waals surface area contributed by atoms with Crippen molar-refractivity contribution in [3.8, 4) is 11.5 Å². The maximum atomic E-state index is 12.7. The van der Waals surface area contributed by atoms with Gasteiger partial charge in [-0.3, -0.25) is 4.79 Å². The summed E-state index contributed by atoms with van der Waals surface area (Å²) in [6, 6.07) is 12.6. The first-order valence-electron chi connectivity index (χ1n) is 9.98. The highest BCUT2D eigenvalue weighted by Crippen LogP contribution is 2.32. The molecule has 0 bridgehead atoms. The number of likely N-dealkylation sites (tertiary alicyclic amines) is 1. The second-order valence-corrected chi connectivity index (χ2v) is 7.21. The molecule has 0 aliphatic carbocycles. The van der Waals surface area contributed by atoms with Crippen LogP contribution in [0, 0.1) is 0 Å². The van der Waals surface area contributed by atoms with Crippen LogP contribution in [0.5, 0.6) is 11.5 Å². The fourth-order valence-corrected chi connectivity index (χ4v) is 3.59. The molecular weight excluding hydrogens is 370 g/mol. The number of benzene rings is 2. The minimum Gasteiger partial charge on any atom is -0.454 e. The number of anilines is 1. The Morgan fingerprint density at radius 1 is 1.03 bits per heavy atom. The summed E-state index contributed by atoms with van der Waals surface area (Å²) >= 11 is 0. The van der Waals surface area contributed by atoms with Gasteiger partial charge in [-0.15, -0.1) is 0 Å². The van der Waals surface area contributed by atoms with E-state index in [0.29, 0.717) is 30.1 Å². The van der Waals surface area contributed by atoms with E-state index in [-0.39, 0.29) is 18.7 Å². The van der Waals surface area contributed by atoms with Gasteiger partial charge in [0, 0.05) is 37.4 Å². The smallest absolute Gasteiger partial charge is 0.322 e. The van der Waals surface area contributed by atoms with Gasteiger partial charge in [0.1, 0.15) is 0 Å². The predicted octanol–water partition coefficient (Wildman–Crippen LogP) is 3.71. The van der Waals surface area contributed by atoms with Crippen molar-refractivity contribution in [2.75, 3.05) is 31.7 Å².